The van der Waals surface area contributed by atoms with Crippen molar-refractivity contribution >= 4 is 46.4 Å². The molecule has 8 heteroatoms. The number of Topliss-reactive ketones (excluding diaryl/α,β-unsaturated/α-hetero) is 2. The highest BCUT2D eigenvalue weighted by atomic mass is 35.5. The molecule has 0 fully saturated rings. The van der Waals surface area contributed by atoms with Gasteiger partial charge in [-0.05, 0) is 44.5 Å². The lowest BCUT2D eigenvalue weighted by Crippen LogP contribution is -3.11. The molecular formula is C19H22Cl2N3O3+. The van der Waals surface area contributed by atoms with Crippen molar-refractivity contribution in [3.8, 4) is 0 Å². The van der Waals surface area contributed by atoms with Crippen LogP contribution in [0.15, 0.2) is 18.2 Å². The first-order valence-corrected chi connectivity index (χ1v) is 9.15. The normalized spacial score (nSPS) is 11.9. The van der Waals surface area contributed by atoms with Crippen molar-refractivity contribution < 1.29 is 19.3 Å². The molecule has 0 aliphatic heterocycles. The first-order chi connectivity index (χ1) is 12.6. The van der Waals surface area contributed by atoms with E-state index in [0.29, 0.717) is 43.1 Å². The summed E-state index contributed by atoms with van der Waals surface area (Å²) in [4.78, 5) is 40.1. The van der Waals surface area contributed by atoms with Gasteiger partial charge in [-0.25, -0.2) is 0 Å². The zero-order valence-corrected chi connectivity index (χ0v) is 17.1. The van der Waals surface area contributed by atoms with Crippen LogP contribution in [0.1, 0.15) is 39.0 Å². The number of halogens is 2. The number of nitrogens with one attached hydrogen (secondary N) is 3. The molecule has 3 N–H and O–H groups in total. The Morgan fingerprint density at radius 1 is 1.11 bits per heavy atom. The second-order valence-electron chi connectivity index (χ2n) is 6.59. The number of amides is 1. The fourth-order valence-corrected chi connectivity index (χ4v) is 3.33. The Bertz CT molecular complexity index is 906. The number of aryl methyl sites for hydroxylation is 1. The van der Waals surface area contributed by atoms with Gasteiger partial charge >= 0.3 is 0 Å². The maximum Gasteiger partial charge on any atom is 0.279 e. The third-order valence-electron chi connectivity index (χ3n) is 4.20. The zero-order valence-electron chi connectivity index (χ0n) is 15.6. The second-order valence-corrected chi connectivity index (χ2v) is 7.41. The van der Waals surface area contributed by atoms with Crippen LogP contribution in [-0.4, -0.2) is 42.6 Å². The molecule has 0 bridgehead atoms. The van der Waals surface area contributed by atoms with Crippen LogP contribution in [0.3, 0.4) is 0 Å². The highest BCUT2D eigenvalue weighted by molar-refractivity contribution is 6.42. The summed E-state index contributed by atoms with van der Waals surface area (Å²) in [6.07, 6.45) is 0. The van der Waals surface area contributed by atoms with Crippen LogP contribution in [0.5, 0.6) is 0 Å². The van der Waals surface area contributed by atoms with Gasteiger partial charge in [-0.1, -0.05) is 23.2 Å². The van der Waals surface area contributed by atoms with Gasteiger partial charge in [0.15, 0.2) is 12.3 Å². The number of carbonyl (C=O) groups is 3. The fourth-order valence-electron chi connectivity index (χ4n) is 3.04. The Hall–Kier alpha value is -2.15. The Morgan fingerprint density at radius 2 is 1.78 bits per heavy atom. The zero-order chi connectivity index (χ0) is 20.3. The number of rotatable bonds is 7. The number of hydrogen-bond acceptors (Lipinski definition) is 3. The fraction of sp³-hybridized carbons (Fsp3) is 0.316. The topological polar surface area (TPSA) is 83.5 Å². The van der Waals surface area contributed by atoms with E-state index in [1.165, 1.54) is 6.92 Å². The molecule has 0 spiro atoms. The number of likely N-dealkylation sites (N-methyl/N-ethyl adjacent to an activating group) is 1. The first kappa shape index (κ1) is 21.2. The predicted molar refractivity (Wildman–Crippen MR) is 106 cm³/mol. The van der Waals surface area contributed by atoms with E-state index in [2.05, 4.69) is 10.3 Å². The number of benzene rings is 1. The first-order valence-electron chi connectivity index (χ1n) is 8.39. The van der Waals surface area contributed by atoms with Crippen molar-refractivity contribution in [1.29, 1.82) is 0 Å². The molecule has 0 aliphatic carbocycles. The second kappa shape index (κ2) is 8.69. The van der Waals surface area contributed by atoms with Crippen LogP contribution in [-0.2, 0) is 4.79 Å². The standard InChI is InChI=1S/C19H21Cl2N3O3/c1-10-18(12(3)25)11(2)22-19(10)16(26)8-24(4)9-17(27)23-13-5-6-14(20)15(21)7-13/h5-7,22H,8-9H2,1-4H3,(H,23,27)/p+1. The van der Waals surface area contributed by atoms with Crippen molar-refractivity contribution in [1.82, 2.24) is 4.98 Å². The number of quaternary nitrogens is 1. The summed E-state index contributed by atoms with van der Waals surface area (Å²) in [5.41, 5.74) is 2.84. The number of hydrogen-bond donors (Lipinski definition) is 3. The summed E-state index contributed by atoms with van der Waals surface area (Å²) in [6, 6.07) is 4.82. The van der Waals surface area contributed by atoms with Crippen molar-refractivity contribution in [3.05, 3.63) is 50.8 Å². The van der Waals surface area contributed by atoms with Gasteiger partial charge in [0.05, 0.1) is 22.8 Å². The third-order valence-corrected chi connectivity index (χ3v) is 4.94. The van der Waals surface area contributed by atoms with Gasteiger partial charge in [0.1, 0.15) is 6.54 Å². The van der Waals surface area contributed by atoms with Crippen molar-refractivity contribution in [2.45, 2.75) is 20.8 Å². The molecule has 6 nitrogen and oxygen atoms in total. The molecule has 27 heavy (non-hydrogen) atoms. The molecule has 1 unspecified atom stereocenters. The van der Waals surface area contributed by atoms with Crippen LogP contribution < -0.4 is 10.2 Å². The lowest BCUT2D eigenvalue weighted by atomic mass is 10.1. The van der Waals surface area contributed by atoms with Gasteiger partial charge in [-0.3, -0.25) is 14.4 Å². The molecule has 0 radical (unpaired) electrons. The Labute approximate surface area is 167 Å². The van der Waals surface area contributed by atoms with Crippen molar-refractivity contribution in [3.63, 3.8) is 0 Å². The molecule has 1 aromatic carbocycles. The smallest absolute Gasteiger partial charge is 0.279 e. The van der Waals surface area contributed by atoms with Crippen molar-refractivity contribution in [2.24, 2.45) is 0 Å². The highest BCUT2D eigenvalue weighted by Crippen LogP contribution is 2.24. The summed E-state index contributed by atoms with van der Waals surface area (Å²) < 4.78 is 0. The average Bonchev–Trinajstić information content (AvgIpc) is 2.85. The molecule has 0 aliphatic rings. The van der Waals surface area contributed by atoms with E-state index in [1.807, 2.05) is 0 Å². The summed E-state index contributed by atoms with van der Waals surface area (Å²) in [6.45, 7) is 5.21. The van der Waals surface area contributed by atoms with Gasteiger partial charge in [-0.2, -0.15) is 0 Å². The van der Waals surface area contributed by atoms with Gasteiger partial charge in [-0.15, -0.1) is 0 Å². The molecule has 2 rings (SSSR count). The quantitative estimate of drug-likeness (QED) is 0.613. The van der Waals surface area contributed by atoms with E-state index in [0.717, 1.165) is 0 Å². The lowest BCUT2D eigenvalue weighted by molar-refractivity contribution is -0.861. The van der Waals surface area contributed by atoms with Crippen LogP contribution in [0.4, 0.5) is 5.69 Å². The van der Waals surface area contributed by atoms with Crippen molar-refractivity contribution in [2.75, 3.05) is 25.5 Å². The molecular weight excluding hydrogens is 389 g/mol. The molecule has 1 aromatic heterocycles. The Kier molecular flexibility index (Phi) is 6.81. The minimum atomic E-state index is -0.248. The largest absolute Gasteiger partial charge is 0.355 e. The highest BCUT2D eigenvalue weighted by Gasteiger charge is 2.23. The molecule has 2 aromatic rings. The number of H-pyrrole nitrogens is 1. The number of aromatic nitrogens is 1. The molecule has 144 valence electrons. The van der Waals surface area contributed by atoms with Crippen LogP contribution in [0, 0.1) is 13.8 Å². The van der Waals surface area contributed by atoms with E-state index in [9.17, 15) is 14.4 Å². The van der Waals surface area contributed by atoms with E-state index in [-0.39, 0.29) is 30.6 Å². The summed E-state index contributed by atoms with van der Waals surface area (Å²) >= 11 is 11.8. The summed E-state index contributed by atoms with van der Waals surface area (Å²) in [5.74, 6) is -0.479. The monoisotopic (exact) mass is 410 g/mol. The maximum atomic E-state index is 12.6. The minimum absolute atomic E-state index is 0.0815. The van der Waals surface area contributed by atoms with Crippen LogP contribution >= 0.6 is 23.2 Å². The van der Waals surface area contributed by atoms with E-state index in [4.69, 9.17) is 23.2 Å². The van der Waals surface area contributed by atoms with Gasteiger partial charge in [0.2, 0.25) is 5.78 Å². The SMILES string of the molecule is CC(=O)c1c(C)[nH]c(C(=O)C[NH+](C)CC(=O)Nc2ccc(Cl)c(Cl)c2)c1C. The van der Waals surface area contributed by atoms with Gasteiger partial charge in [0, 0.05) is 16.9 Å². The number of anilines is 1. The van der Waals surface area contributed by atoms with E-state index < -0.39 is 0 Å². The third kappa shape index (κ3) is 5.19. The van der Waals surface area contributed by atoms with Crippen LogP contribution in [0.2, 0.25) is 10.0 Å². The Morgan fingerprint density at radius 3 is 2.33 bits per heavy atom. The van der Waals surface area contributed by atoms with Crippen LogP contribution in [0.25, 0.3) is 0 Å². The van der Waals surface area contributed by atoms with E-state index >= 15 is 0 Å². The van der Waals surface area contributed by atoms with Gasteiger partial charge < -0.3 is 15.2 Å². The molecule has 1 atom stereocenters. The maximum absolute atomic E-state index is 12.6. The Balaban J connectivity index is 1.98. The predicted octanol–water partition coefficient (Wildman–Crippen LogP) is 2.48. The lowest BCUT2D eigenvalue weighted by Gasteiger charge is -2.13. The average molecular weight is 411 g/mol. The number of aromatic amines is 1. The molecule has 0 saturated heterocycles. The number of carbonyl (C=O) groups excluding carboxylic acids is 3. The molecule has 1 heterocycles. The minimum Gasteiger partial charge on any atom is -0.355 e. The summed E-state index contributed by atoms with van der Waals surface area (Å²) in [5, 5.41) is 3.48. The van der Waals surface area contributed by atoms with Gasteiger partial charge in [0.25, 0.3) is 5.91 Å². The summed E-state index contributed by atoms with van der Waals surface area (Å²) in [7, 11) is 1.75. The molecule has 1 amide bonds. The number of ketones is 2. The van der Waals surface area contributed by atoms with E-state index in [1.54, 1.807) is 39.1 Å². The molecule has 0 saturated carbocycles.